The Balaban J connectivity index is 1.78. The Morgan fingerprint density at radius 2 is 1.57 bits per heavy atom. The molecular weight excluding hydrogens is 405 g/mol. The van der Waals surface area contributed by atoms with Gasteiger partial charge in [0.25, 0.3) is 15.9 Å². The standard InChI is InChI=1S/C23H22FNO4S/c1-15-5-4-6-16(2)21(15)14-29-22-13-18(8-7-17(22)3)23(26)25-30(27,28)20-11-9-19(24)10-12-20/h4-13H,14H2,1-3H3,(H,25,26). The van der Waals surface area contributed by atoms with Crippen molar-refractivity contribution in [2.75, 3.05) is 0 Å². The third kappa shape index (κ3) is 4.86. The maximum atomic E-state index is 13.0. The first-order chi connectivity index (χ1) is 14.2. The van der Waals surface area contributed by atoms with Crippen LogP contribution in [0.1, 0.15) is 32.6 Å². The van der Waals surface area contributed by atoms with Crippen LogP contribution in [0.5, 0.6) is 5.75 Å². The monoisotopic (exact) mass is 427 g/mol. The molecule has 1 amide bonds. The number of hydrogen-bond acceptors (Lipinski definition) is 4. The molecule has 5 nitrogen and oxygen atoms in total. The number of sulfonamides is 1. The highest BCUT2D eigenvalue weighted by Crippen LogP contribution is 2.23. The first kappa shape index (κ1) is 21.5. The molecule has 0 saturated carbocycles. The van der Waals surface area contributed by atoms with E-state index >= 15 is 0 Å². The zero-order chi connectivity index (χ0) is 21.9. The molecule has 0 unspecified atom stereocenters. The van der Waals surface area contributed by atoms with Gasteiger partial charge in [-0.25, -0.2) is 17.5 Å². The fourth-order valence-electron chi connectivity index (χ4n) is 2.98. The number of aryl methyl sites for hydroxylation is 3. The first-order valence-electron chi connectivity index (χ1n) is 9.28. The highest BCUT2D eigenvalue weighted by atomic mass is 32.2. The lowest BCUT2D eigenvalue weighted by molar-refractivity contribution is 0.0981. The minimum Gasteiger partial charge on any atom is -0.489 e. The van der Waals surface area contributed by atoms with Crippen LogP contribution in [-0.4, -0.2) is 14.3 Å². The average molecular weight is 427 g/mol. The maximum absolute atomic E-state index is 13.0. The molecule has 30 heavy (non-hydrogen) atoms. The van der Waals surface area contributed by atoms with Crippen LogP contribution in [0.4, 0.5) is 4.39 Å². The van der Waals surface area contributed by atoms with Gasteiger partial charge in [-0.05, 0) is 79.4 Å². The number of ether oxygens (including phenoxy) is 1. The zero-order valence-corrected chi connectivity index (χ0v) is 17.7. The number of halogens is 1. The van der Waals surface area contributed by atoms with Crippen LogP contribution < -0.4 is 9.46 Å². The van der Waals surface area contributed by atoms with E-state index in [1.165, 1.54) is 12.1 Å². The van der Waals surface area contributed by atoms with Crippen LogP contribution in [0.2, 0.25) is 0 Å². The topological polar surface area (TPSA) is 72.5 Å². The van der Waals surface area contributed by atoms with Crippen molar-refractivity contribution < 1.29 is 22.3 Å². The van der Waals surface area contributed by atoms with E-state index in [0.29, 0.717) is 12.4 Å². The summed E-state index contributed by atoms with van der Waals surface area (Å²) >= 11 is 0. The zero-order valence-electron chi connectivity index (χ0n) is 16.9. The lowest BCUT2D eigenvalue weighted by atomic mass is 10.0. The second kappa shape index (κ2) is 8.67. The summed E-state index contributed by atoms with van der Waals surface area (Å²) < 4.78 is 45.7. The largest absolute Gasteiger partial charge is 0.489 e. The minimum absolute atomic E-state index is 0.141. The Morgan fingerprint density at radius 3 is 2.20 bits per heavy atom. The molecule has 0 aliphatic carbocycles. The van der Waals surface area contributed by atoms with E-state index in [9.17, 15) is 17.6 Å². The summed E-state index contributed by atoms with van der Waals surface area (Å²) in [6.45, 7) is 6.18. The quantitative estimate of drug-likeness (QED) is 0.631. The summed E-state index contributed by atoms with van der Waals surface area (Å²) in [6, 6.07) is 14.9. The highest BCUT2D eigenvalue weighted by Gasteiger charge is 2.19. The van der Waals surface area contributed by atoms with Crippen LogP contribution in [-0.2, 0) is 16.6 Å². The van der Waals surface area contributed by atoms with Crippen molar-refractivity contribution >= 4 is 15.9 Å². The van der Waals surface area contributed by atoms with Gasteiger partial charge < -0.3 is 4.74 Å². The average Bonchev–Trinajstić information content (AvgIpc) is 2.68. The second-order valence-corrected chi connectivity index (χ2v) is 8.71. The Labute approximate surface area is 175 Å². The highest BCUT2D eigenvalue weighted by molar-refractivity contribution is 7.90. The van der Waals surface area contributed by atoms with Crippen molar-refractivity contribution in [3.63, 3.8) is 0 Å². The fraction of sp³-hybridized carbons (Fsp3) is 0.174. The number of rotatable bonds is 6. The summed E-state index contributed by atoms with van der Waals surface area (Å²) in [4.78, 5) is 12.3. The van der Waals surface area contributed by atoms with Gasteiger partial charge in [-0.15, -0.1) is 0 Å². The predicted octanol–water partition coefficient (Wildman–Crippen LogP) is 4.45. The Bertz CT molecular complexity index is 1170. The minimum atomic E-state index is -4.12. The third-order valence-corrected chi connectivity index (χ3v) is 6.16. The second-order valence-electron chi connectivity index (χ2n) is 7.03. The van der Waals surface area contributed by atoms with Gasteiger partial charge in [0.05, 0.1) is 4.90 Å². The maximum Gasteiger partial charge on any atom is 0.265 e. The molecule has 0 fully saturated rings. The molecule has 0 saturated heterocycles. The van der Waals surface area contributed by atoms with Crippen LogP contribution in [0.15, 0.2) is 65.6 Å². The number of carbonyl (C=O) groups is 1. The van der Waals surface area contributed by atoms with Crippen LogP contribution in [0.25, 0.3) is 0 Å². The van der Waals surface area contributed by atoms with E-state index in [0.717, 1.165) is 46.5 Å². The normalized spacial score (nSPS) is 11.2. The molecular formula is C23H22FNO4S. The number of benzene rings is 3. The fourth-order valence-corrected chi connectivity index (χ4v) is 3.95. The van der Waals surface area contributed by atoms with Crippen molar-refractivity contribution in [3.8, 4) is 5.75 Å². The number of amides is 1. The van der Waals surface area contributed by atoms with E-state index in [2.05, 4.69) is 0 Å². The van der Waals surface area contributed by atoms with Gasteiger partial charge in [-0.1, -0.05) is 24.3 Å². The van der Waals surface area contributed by atoms with Crippen molar-refractivity contribution in [1.82, 2.24) is 4.72 Å². The molecule has 0 aromatic heterocycles. The molecule has 0 aliphatic heterocycles. The van der Waals surface area contributed by atoms with E-state index in [1.54, 1.807) is 6.07 Å². The van der Waals surface area contributed by atoms with E-state index in [4.69, 9.17) is 4.74 Å². The van der Waals surface area contributed by atoms with Crippen LogP contribution >= 0.6 is 0 Å². The molecule has 0 spiro atoms. The van der Waals surface area contributed by atoms with Gasteiger partial charge >= 0.3 is 0 Å². The molecule has 0 atom stereocenters. The summed E-state index contributed by atoms with van der Waals surface area (Å²) in [5.41, 5.74) is 4.23. The molecule has 0 radical (unpaired) electrons. The van der Waals surface area contributed by atoms with E-state index < -0.39 is 21.7 Å². The van der Waals surface area contributed by atoms with Crippen LogP contribution in [0.3, 0.4) is 0 Å². The molecule has 3 rings (SSSR count). The molecule has 3 aromatic rings. The third-order valence-electron chi connectivity index (χ3n) is 4.82. The van der Waals surface area contributed by atoms with Gasteiger partial charge in [-0.3, -0.25) is 4.79 Å². The van der Waals surface area contributed by atoms with Crippen molar-refractivity contribution in [1.29, 1.82) is 0 Å². The van der Waals surface area contributed by atoms with Gasteiger partial charge in [0, 0.05) is 5.56 Å². The van der Waals surface area contributed by atoms with Crippen LogP contribution in [0, 0.1) is 26.6 Å². The van der Waals surface area contributed by atoms with Gasteiger partial charge in [0.2, 0.25) is 0 Å². The molecule has 0 aliphatic rings. The lowest BCUT2D eigenvalue weighted by Gasteiger charge is -2.14. The molecule has 7 heteroatoms. The van der Waals surface area contributed by atoms with Crippen molar-refractivity contribution in [2.24, 2.45) is 0 Å². The van der Waals surface area contributed by atoms with Gasteiger partial charge in [0.15, 0.2) is 0 Å². The van der Waals surface area contributed by atoms with E-state index in [-0.39, 0.29) is 10.5 Å². The Morgan fingerprint density at radius 1 is 0.933 bits per heavy atom. The summed E-state index contributed by atoms with van der Waals surface area (Å²) in [7, 11) is -4.12. The molecule has 0 heterocycles. The van der Waals surface area contributed by atoms with Gasteiger partial charge in [0.1, 0.15) is 18.2 Å². The number of carbonyl (C=O) groups excluding carboxylic acids is 1. The first-order valence-corrected chi connectivity index (χ1v) is 10.8. The van der Waals surface area contributed by atoms with Crippen molar-refractivity contribution in [3.05, 3.63) is 94.3 Å². The predicted molar refractivity (Wildman–Crippen MR) is 112 cm³/mol. The Hall–Kier alpha value is -3.19. The SMILES string of the molecule is Cc1ccc(C(=O)NS(=O)(=O)c2ccc(F)cc2)cc1OCc1c(C)cccc1C. The smallest absolute Gasteiger partial charge is 0.265 e. The molecule has 156 valence electrons. The molecule has 3 aromatic carbocycles. The molecule has 0 bridgehead atoms. The number of hydrogen-bond donors (Lipinski definition) is 1. The summed E-state index contributed by atoms with van der Waals surface area (Å²) in [6.07, 6.45) is 0. The van der Waals surface area contributed by atoms with E-state index in [1.807, 2.05) is 43.7 Å². The number of nitrogens with one attached hydrogen (secondary N) is 1. The van der Waals surface area contributed by atoms with Gasteiger partial charge in [-0.2, -0.15) is 0 Å². The summed E-state index contributed by atoms with van der Waals surface area (Å²) in [5.74, 6) is -0.870. The lowest BCUT2D eigenvalue weighted by Crippen LogP contribution is -2.30. The Kier molecular flexibility index (Phi) is 6.22. The van der Waals surface area contributed by atoms with Crippen molar-refractivity contribution in [2.45, 2.75) is 32.3 Å². The summed E-state index contributed by atoms with van der Waals surface area (Å²) in [5, 5.41) is 0. The molecule has 1 N–H and O–H groups in total.